The van der Waals surface area contributed by atoms with Crippen molar-refractivity contribution in [3.63, 3.8) is 0 Å². The average molecular weight is 331 g/mol. The fraction of sp³-hybridized carbons (Fsp3) is 0.417. The van der Waals surface area contributed by atoms with Gasteiger partial charge >= 0.3 is 5.97 Å². The predicted octanol–water partition coefficient (Wildman–Crippen LogP) is 2.59. The number of piperidine rings is 1. The van der Waals surface area contributed by atoms with Crippen LogP contribution < -0.4 is 4.90 Å². The Hall–Kier alpha value is -0.780. The van der Waals surface area contributed by atoms with E-state index in [1.54, 1.807) is 0 Å². The molecule has 1 N–H and O–H groups in total. The molecule has 1 aromatic carbocycles. The summed E-state index contributed by atoms with van der Waals surface area (Å²) in [5, 5.41) is 8.93. The Morgan fingerprint density at radius 3 is 2.50 bits per heavy atom. The first-order valence-corrected chi connectivity index (χ1v) is 6.48. The van der Waals surface area contributed by atoms with E-state index in [1.165, 1.54) is 9.26 Å². The molecule has 1 heterocycles. The molecular formula is C12H14INO2. The number of carboxylic acids is 1. The van der Waals surface area contributed by atoms with Crippen LogP contribution >= 0.6 is 22.6 Å². The summed E-state index contributed by atoms with van der Waals surface area (Å²) in [6, 6.07) is 8.23. The zero-order chi connectivity index (χ0) is 11.5. The Morgan fingerprint density at radius 1 is 1.31 bits per heavy atom. The molecule has 2 rings (SSSR count). The van der Waals surface area contributed by atoms with Gasteiger partial charge in [0.15, 0.2) is 0 Å². The molecule has 1 aliphatic heterocycles. The Morgan fingerprint density at radius 2 is 1.94 bits per heavy atom. The SMILES string of the molecule is O=C(O)C1CCN(c2ccccc2I)CC1. The monoisotopic (exact) mass is 331 g/mol. The van der Waals surface area contributed by atoms with Crippen LogP contribution in [0.15, 0.2) is 24.3 Å². The minimum atomic E-state index is -0.651. The molecule has 0 aromatic heterocycles. The fourth-order valence-electron chi connectivity index (χ4n) is 2.08. The van der Waals surface area contributed by atoms with E-state index in [0.717, 1.165) is 25.9 Å². The molecule has 0 atom stereocenters. The lowest BCUT2D eigenvalue weighted by atomic mass is 9.97. The van der Waals surface area contributed by atoms with Gasteiger partial charge in [-0.15, -0.1) is 0 Å². The molecule has 1 saturated heterocycles. The second-order valence-corrected chi connectivity index (χ2v) is 5.21. The van der Waals surface area contributed by atoms with E-state index >= 15 is 0 Å². The molecule has 0 amide bonds. The second-order valence-electron chi connectivity index (χ2n) is 4.05. The quantitative estimate of drug-likeness (QED) is 0.847. The highest BCUT2D eigenvalue weighted by molar-refractivity contribution is 14.1. The smallest absolute Gasteiger partial charge is 0.306 e. The number of para-hydroxylation sites is 1. The van der Waals surface area contributed by atoms with Gasteiger partial charge in [0, 0.05) is 16.7 Å². The van der Waals surface area contributed by atoms with Gasteiger partial charge in [0.2, 0.25) is 0 Å². The van der Waals surface area contributed by atoms with Crippen LogP contribution in [0.4, 0.5) is 5.69 Å². The number of aliphatic carboxylic acids is 1. The van der Waals surface area contributed by atoms with Gasteiger partial charge in [0.1, 0.15) is 0 Å². The molecule has 0 aliphatic carbocycles. The largest absolute Gasteiger partial charge is 0.481 e. The molecule has 1 aliphatic rings. The number of carboxylic acid groups (broad SMARTS) is 1. The number of benzene rings is 1. The van der Waals surface area contributed by atoms with Gasteiger partial charge in [0.25, 0.3) is 0 Å². The summed E-state index contributed by atoms with van der Waals surface area (Å²) >= 11 is 2.32. The van der Waals surface area contributed by atoms with Crippen LogP contribution in [0.5, 0.6) is 0 Å². The standard InChI is InChI=1S/C12H14INO2/c13-10-3-1-2-4-11(10)14-7-5-9(6-8-14)12(15)16/h1-4,9H,5-8H2,(H,15,16). The first-order valence-electron chi connectivity index (χ1n) is 5.41. The van der Waals surface area contributed by atoms with Gasteiger partial charge in [-0.3, -0.25) is 4.79 Å². The van der Waals surface area contributed by atoms with Crippen molar-refractivity contribution in [2.24, 2.45) is 5.92 Å². The number of anilines is 1. The van der Waals surface area contributed by atoms with E-state index in [2.05, 4.69) is 39.6 Å². The Bertz CT molecular complexity index is 386. The number of halogens is 1. The van der Waals surface area contributed by atoms with Gasteiger partial charge in [-0.2, -0.15) is 0 Å². The van der Waals surface area contributed by atoms with Crippen molar-refractivity contribution < 1.29 is 9.90 Å². The fourth-order valence-corrected chi connectivity index (χ4v) is 2.80. The predicted molar refractivity (Wildman–Crippen MR) is 71.7 cm³/mol. The van der Waals surface area contributed by atoms with E-state index in [4.69, 9.17) is 5.11 Å². The number of hydrogen-bond donors (Lipinski definition) is 1. The van der Waals surface area contributed by atoms with Crippen molar-refractivity contribution in [2.45, 2.75) is 12.8 Å². The average Bonchev–Trinajstić information content (AvgIpc) is 2.30. The van der Waals surface area contributed by atoms with Crippen molar-refractivity contribution in [3.8, 4) is 0 Å². The summed E-state index contributed by atoms with van der Waals surface area (Å²) in [6.45, 7) is 1.69. The molecule has 0 bridgehead atoms. The van der Waals surface area contributed by atoms with Gasteiger partial charge in [0.05, 0.1) is 11.6 Å². The zero-order valence-electron chi connectivity index (χ0n) is 8.90. The molecule has 4 heteroatoms. The summed E-state index contributed by atoms with van der Waals surface area (Å²) in [5.74, 6) is -0.806. The molecule has 86 valence electrons. The van der Waals surface area contributed by atoms with Crippen LogP contribution in [0.2, 0.25) is 0 Å². The Balaban J connectivity index is 2.05. The molecule has 1 aromatic rings. The summed E-state index contributed by atoms with van der Waals surface area (Å²) in [7, 11) is 0. The van der Waals surface area contributed by atoms with Crippen LogP contribution in [0, 0.1) is 9.49 Å². The molecule has 1 fully saturated rings. The number of carbonyl (C=O) groups is 1. The lowest BCUT2D eigenvalue weighted by molar-refractivity contribution is -0.142. The Kier molecular flexibility index (Phi) is 3.68. The van der Waals surface area contributed by atoms with Gasteiger partial charge in [-0.25, -0.2) is 0 Å². The summed E-state index contributed by atoms with van der Waals surface area (Å²) in [4.78, 5) is 13.1. The van der Waals surface area contributed by atoms with Crippen molar-refractivity contribution >= 4 is 34.2 Å². The normalized spacial score (nSPS) is 17.4. The van der Waals surface area contributed by atoms with Crippen molar-refractivity contribution in [2.75, 3.05) is 18.0 Å². The van der Waals surface area contributed by atoms with Crippen LogP contribution in [0.25, 0.3) is 0 Å². The Labute approximate surface area is 109 Å². The van der Waals surface area contributed by atoms with E-state index in [0.29, 0.717) is 0 Å². The van der Waals surface area contributed by atoms with Gasteiger partial charge in [-0.05, 0) is 47.6 Å². The van der Waals surface area contributed by atoms with Gasteiger partial charge in [-0.1, -0.05) is 12.1 Å². The first-order chi connectivity index (χ1) is 7.68. The lowest BCUT2D eigenvalue weighted by Crippen LogP contribution is -2.36. The maximum Gasteiger partial charge on any atom is 0.306 e. The summed E-state index contributed by atoms with van der Waals surface area (Å²) in [6.07, 6.45) is 1.50. The molecular weight excluding hydrogens is 317 g/mol. The van der Waals surface area contributed by atoms with E-state index < -0.39 is 5.97 Å². The second kappa shape index (κ2) is 5.03. The van der Waals surface area contributed by atoms with Crippen molar-refractivity contribution in [3.05, 3.63) is 27.8 Å². The molecule has 0 unspecified atom stereocenters. The summed E-state index contributed by atoms with van der Waals surface area (Å²) in [5.41, 5.74) is 1.23. The third kappa shape index (κ3) is 2.48. The molecule has 3 nitrogen and oxygen atoms in total. The highest BCUT2D eigenvalue weighted by atomic mass is 127. The molecule has 0 radical (unpaired) electrons. The minimum absolute atomic E-state index is 0.155. The van der Waals surface area contributed by atoms with Gasteiger partial charge < -0.3 is 10.0 Å². The maximum absolute atomic E-state index is 10.8. The van der Waals surface area contributed by atoms with Crippen molar-refractivity contribution in [1.29, 1.82) is 0 Å². The van der Waals surface area contributed by atoms with E-state index in [-0.39, 0.29) is 5.92 Å². The van der Waals surface area contributed by atoms with E-state index in [9.17, 15) is 4.79 Å². The zero-order valence-corrected chi connectivity index (χ0v) is 11.1. The van der Waals surface area contributed by atoms with Crippen molar-refractivity contribution in [1.82, 2.24) is 0 Å². The van der Waals surface area contributed by atoms with Crippen LogP contribution in [0.1, 0.15) is 12.8 Å². The van der Waals surface area contributed by atoms with Crippen LogP contribution in [-0.2, 0) is 4.79 Å². The van der Waals surface area contributed by atoms with Crippen LogP contribution in [-0.4, -0.2) is 24.2 Å². The highest BCUT2D eigenvalue weighted by Crippen LogP contribution is 2.27. The number of rotatable bonds is 2. The minimum Gasteiger partial charge on any atom is -0.481 e. The number of hydrogen-bond acceptors (Lipinski definition) is 2. The molecule has 16 heavy (non-hydrogen) atoms. The van der Waals surface area contributed by atoms with Crippen LogP contribution in [0.3, 0.4) is 0 Å². The molecule has 0 spiro atoms. The van der Waals surface area contributed by atoms with E-state index in [1.807, 2.05) is 12.1 Å². The summed E-state index contributed by atoms with van der Waals surface area (Å²) < 4.78 is 1.23. The topological polar surface area (TPSA) is 40.5 Å². The third-order valence-corrected chi connectivity index (χ3v) is 3.95. The lowest BCUT2D eigenvalue weighted by Gasteiger charge is -2.32. The number of nitrogens with zero attached hydrogens (tertiary/aromatic N) is 1. The molecule has 0 saturated carbocycles. The maximum atomic E-state index is 10.8. The first kappa shape index (κ1) is 11.7. The third-order valence-electron chi connectivity index (χ3n) is 3.04. The highest BCUT2D eigenvalue weighted by Gasteiger charge is 2.25.